The number of benzene rings is 1. The van der Waals surface area contributed by atoms with Gasteiger partial charge in [-0.2, -0.15) is 4.68 Å². The molecule has 7 nitrogen and oxygen atoms in total. The Morgan fingerprint density at radius 2 is 2.10 bits per heavy atom. The monoisotopic (exact) mass is 285 g/mol. The molecule has 0 amide bonds. The Kier molecular flexibility index (Phi) is 3.65. The third kappa shape index (κ3) is 2.92. The maximum Gasteiger partial charge on any atom is 0.153 e. The number of anilines is 1. The lowest BCUT2D eigenvalue weighted by Gasteiger charge is -2.07. The van der Waals surface area contributed by atoms with E-state index in [-0.39, 0.29) is 6.61 Å². The summed E-state index contributed by atoms with van der Waals surface area (Å²) in [5.74, 6) is 2.05. The number of nitrogens with one attached hydrogen (secondary N) is 1. The van der Waals surface area contributed by atoms with Gasteiger partial charge in [-0.05, 0) is 47.7 Å². The first-order valence-corrected chi connectivity index (χ1v) is 6.54. The molecule has 0 atom stereocenters. The quantitative estimate of drug-likeness (QED) is 0.741. The van der Waals surface area contributed by atoms with Crippen molar-refractivity contribution in [1.29, 1.82) is 0 Å². The van der Waals surface area contributed by atoms with Crippen LogP contribution in [0.2, 0.25) is 0 Å². The van der Waals surface area contributed by atoms with Crippen LogP contribution in [0.1, 0.15) is 17.3 Å². The zero-order chi connectivity index (χ0) is 14.7. The molecule has 3 aromatic rings. The highest BCUT2D eigenvalue weighted by molar-refractivity contribution is 5.51. The highest BCUT2D eigenvalue weighted by Gasteiger charge is 2.05. The van der Waals surface area contributed by atoms with Crippen LogP contribution in [0, 0.1) is 6.92 Å². The largest absolute Gasteiger partial charge is 0.462 e. The number of nitrogens with zero attached hydrogens (tertiary/aromatic N) is 4. The minimum absolute atomic E-state index is 0.0892. The molecular weight excluding hydrogens is 270 g/mol. The van der Waals surface area contributed by atoms with Crippen LogP contribution in [0.15, 0.2) is 40.8 Å². The summed E-state index contributed by atoms with van der Waals surface area (Å²) in [6.45, 7) is 2.30. The van der Waals surface area contributed by atoms with Gasteiger partial charge in [0.2, 0.25) is 0 Å². The Morgan fingerprint density at radius 1 is 1.24 bits per heavy atom. The number of aliphatic hydroxyl groups excluding tert-OH is 1. The summed E-state index contributed by atoms with van der Waals surface area (Å²) in [4.78, 5) is 0. The molecule has 1 aromatic carbocycles. The van der Waals surface area contributed by atoms with Crippen LogP contribution in [0.25, 0.3) is 5.69 Å². The SMILES string of the molecule is Cc1nnnn1-c1cccc(NCc2ccc(CO)o2)c1. The summed E-state index contributed by atoms with van der Waals surface area (Å²) in [6, 6.07) is 11.4. The minimum Gasteiger partial charge on any atom is -0.462 e. The number of hydrogen-bond donors (Lipinski definition) is 2. The molecule has 0 aliphatic heterocycles. The summed E-state index contributed by atoms with van der Waals surface area (Å²) < 4.78 is 7.09. The molecule has 0 fully saturated rings. The van der Waals surface area contributed by atoms with E-state index in [9.17, 15) is 0 Å². The van der Waals surface area contributed by atoms with Gasteiger partial charge in [-0.25, -0.2) is 0 Å². The zero-order valence-electron chi connectivity index (χ0n) is 11.5. The molecule has 0 aliphatic carbocycles. The maximum absolute atomic E-state index is 8.97. The molecule has 0 bridgehead atoms. The summed E-state index contributed by atoms with van der Waals surface area (Å²) >= 11 is 0. The standard InChI is InChI=1S/C14H15N5O2/c1-10-16-17-18-19(10)12-4-2-3-11(7-12)15-8-13-5-6-14(9-20)21-13/h2-7,15,20H,8-9H2,1H3. The van der Waals surface area contributed by atoms with Gasteiger partial charge in [0, 0.05) is 5.69 Å². The van der Waals surface area contributed by atoms with Crippen molar-refractivity contribution in [3.8, 4) is 5.69 Å². The van der Waals surface area contributed by atoms with E-state index in [0.29, 0.717) is 12.3 Å². The molecule has 0 unspecified atom stereocenters. The van der Waals surface area contributed by atoms with Crippen molar-refractivity contribution in [3.05, 3.63) is 53.7 Å². The summed E-state index contributed by atoms with van der Waals surface area (Å²) in [5, 5.41) is 23.7. The fourth-order valence-electron chi connectivity index (χ4n) is 2.01. The van der Waals surface area contributed by atoms with E-state index in [4.69, 9.17) is 9.52 Å². The van der Waals surface area contributed by atoms with E-state index in [1.54, 1.807) is 10.7 Å². The third-order valence-electron chi connectivity index (χ3n) is 3.06. The normalized spacial score (nSPS) is 10.8. The Labute approximate surface area is 121 Å². The van der Waals surface area contributed by atoms with Gasteiger partial charge in [-0.3, -0.25) is 0 Å². The van der Waals surface area contributed by atoms with Gasteiger partial charge in [0.25, 0.3) is 0 Å². The van der Waals surface area contributed by atoms with E-state index < -0.39 is 0 Å². The molecule has 0 aliphatic rings. The predicted molar refractivity (Wildman–Crippen MR) is 75.8 cm³/mol. The Balaban J connectivity index is 1.73. The molecule has 0 spiro atoms. The number of aliphatic hydroxyl groups is 1. The molecule has 2 heterocycles. The summed E-state index contributed by atoms with van der Waals surface area (Å²) in [6.07, 6.45) is 0. The van der Waals surface area contributed by atoms with Gasteiger partial charge >= 0.3 is 0 Å². The minimum atomic E-state index is -0.0892. The van der Waals surface area contributed by atoms with E-state index in [2.05, 4.69) is 20.8 Å². The number of rotatable bonds is 5. The fraction of sp³-hybridized carbons (Fsp3) is 0.214. The van der Waals surface area contributed by atoms with Crippen LogP contribution in [0.4, 0.5) is 5.69 Å². The van der Waals surface area contributed by atoms with Crippen LogP contribution >= 0.6 is 0 Å². The van der Waals surface area contributed by atoms with Crippen LogP contribution in [-0.2, 0) is 13.2 Å². The zero-order valence-corrected chi connectivity index (χ0v) is 11.5. The van der Waals surface area contributed by atoms with Gasteiger partial charge < -0.3 is 14.8 Å². The maximum atomic E-state index is 8.97. The lowest BCUT2D eigenvalue weighted by Crippen LogP contribution is -2.02. The van der Waals surface area contributed by atoms with Crippen molar-refractivity contribution < 1.29 is 9.52 Å². The summed E-state index contributed by atoms with van der Waals surface area (Å²) in [7, 11) is 0. The van der Waals surface area contributed by atoms with Crippen molar-refractivity contribution >= 4 is 5.69 Å². The molecule has 108 valence electrons. The fourth-order valence-corrected chi connectivity index (χ4v) is 2.01. The topological polar surface area (TPSA) is 89.0 Å². The molecule has 0 saturated carbocycles. The molecule has 7 heteroatoms. The predicted octanol–water partition coefficient (Wildman–Crippen LogP) is 1.67. The molecular formula is C14H15N5O2. The van der Waals surface area contributed by atoms with Crippen LogP contribution in [-0.4, -0.2) is 25.3 Å². The number of hydrogen-bond acceptors (Lipinski definition) is 6. The van der Waals surface area contributed by atoms with Crippen molar-refractivity contribution in [2.24, 2.45) is 0 Å². The van der Waals surface area contributed by atoms with Crippen molar-refractivity contribution in [1.82, 2.24) is 20.2 Å². The van der Waals surface area contributed by atoms with Gasteiger partial charge in [0.1, 0.15) is 18.1 Å². The van der Waals surface area contributed by atoms with Gasteiger partial charge in [0.15, 0.2) is 5.82 Å². The molecule has 3 rings (SSSR count). The Hall–Kier alpha value is -2.67. The molecule has 0 saturated heterocycles. The van der Waals surface area contributed by atoms with Crippen LogP contribution < -0.4 is 5.32 Å². The highest BCUT2D eigenvalue weighted by Crippen LogP contribution is 2.16. The molecule has 21 heavy (non-hydrogen) atoms. The van der Waals surface area contributed by atoms with Crippen molar-refractivity contribution in [2.75, 3.05) is 5.32 Å². The first-order valence-electron chi connectivity index (χ1n) is 6.54. The molecule has 2 aromatic heterocycles. The van der Waals surface area contributed by atoms with Crippen molar-refractivity contribution in [2.45, 2.75) is 20.1 Å². The number of aromatic nitrogens is 4. The van der Waals surface area contributed by atoms with E-state index in [1.165, 1.54) is 0 Å². The number of tetrazole rings is 1. The van der Waals surface area contributed by atoms with Crippen LogP contribution in [0.3, 0.4) is 0 Å². The average molecular weight is 285 g/mol. The second-order valence-electron chi connectivity index (χ2n) is 4.57. The lowest BCUT2D eigenvalue weighted by atomic mass is 10.2. The van der Waals surface area contributed by atoms with Gasteiger partial charge in [-0.1, -0.05) is 6.07 Å². The first-order chi connectivity index (χ1) is 10.3. The highest BCUT2D eigenvalue weighted by atomic mass is 16.4. The Bertz CT molecular complexity index is 734. The second-order valence-corrected chi connectivity index (χ2v) is 4.57. The lowest BCUT2D eigenvalue weighted by molar-refractivity contribution is 0.244. The van der Waals surface area contributed by atoms with Gasteiger partial charge in [-0.15, -0.1) is 5.10 Å². The smallest absolute Gasteiger partial charge is 0.153 e. The first kappa shape index (κ1) is 13.3. The van der Waals surface area contributed by atoms with Crippen LogP contribution in [0.5, 0.6) is 0 Å². The third-order valence-corrected chi connectivity index (χ3v) is 3.06. The number of aryl methyl sites for hydroxylation is 1. The van der Waals surface area contributed by atoms with E-state index in [0.717, 1.165) is 23.0 Å². The molecule has 2 N–H and O–H groups in total. The average Bonchev–Trinajstić information content (AvgIpc) is 3.14. The summed E-state index contributed by atoms with van der Waals surface area (Å²) in [5.41, 5.74) is 1.82. The van der Waals surface area contributed by atoms with E-state index >= 15 is 0 Å². The number of furan rings is 1. The van der Waals surface area contributed by atoms with Gasteiger partial charge in [0.05, 0.1) is 12.2 Å². The molecule has 0 radical (unpaired) electrons. The van der Waals surface area contributed by atoms with E-state index in [1.807, 2.05) is 37.3 Å². The Morgan fingerprint density at radius 3 is 2.81 bits per heavy atom. The van der Waals surface area contributed by atoms with Crippen molar-refractivity contribution in [3.63, 3.8) is 0 Å². The second kappa shape index (κ2) is 5.76.